The Morgan fingerprint density at radius 2 is 2.21 bits per heavy atom. The molecule has 4 nitrogen and oxygen atoms in total. The van der Waals surface area contributed by atoms with Crippen molar-refractivity contribution in [1.82, 2.24) is 10.3 Å². The van der Waals surface area contributed by atoms with E-state index in [1.165, 1.54) is 18.4 Å². The van der Waals surface area contributed by atoms with Crippen molar-refractivity contribution in [2.24, 2.45) is 0 Å². The Bertz CT molecular complexity index is 373. The number of aromatic nitrogens is 1. The first kappa shape index (κ1) is 14.3. The Morgan fingerprint density at radius 1 is 1.42 bits per heavy atom. The van der Waals surface area contributed by atoms with Crippen LogP contribution in [0, 0.1) is 0 Å². The third kappa shape index (κ3) is 4.48. The van der Waals surface area contributed by atoms with Gasteiger partial charge in [0.05, 0.1) is 0 Å². The quantitative estimate of drug-likeness (QED) is 0.752. The van der Waals surface area contributed by atoms with Gasteiger partial charge in [0.25, 0.3) is 0 Å². The maximum atomic E-state index is 8.96. The highest BCUT2D eigenvalue weighted by Crippen LogP contribution is 2.20. The second kappa shape index (κ2) is 6.87. The van der Waals surface area contributed by atoms with Crippen molar-refractivity contribution in [3.05, 3.63) is 23.9 Å². The number of aliphatic hydroxyl groups is 1. The van der Waals surface area contributed by atoms with Gasteiger partial charge in [-0.15, -0.1) is 0 Å². The molecular formula is C15H25N3O. The summed E-state index contributed by atoms with van der Waals surface area (Å²) in [5.41, 5.74) is 1.24. The summed E-state index contributed by atoms with van der Waals surface area (Å²) in [5, 5.41) is 12.5. The van der Waals surface area contributed by atoms with E-state index in [0.29, 0.717) is 6.04 Å². The molecule has 0 unspecified atom stereocenters. The minimum absolute atomic E-state index is 0.229. The third-order valence-electron chi connectivity index (χ3n) is 3.46. The van der Waals surface area contributed by atoms with Gasteiger partial charge in [0.15, 0.2) is 0 Å². The molecule has 0 spiro atoms. The van der Waals surface area contributed by atoms with Crippen molar-refractivity contribution in [1.29, 1.82) is 0 Å². The number of rotatable bonds is 8. The van der Waals surface area contributed by atoms with Crippen LogP contribution in [0.3, 0.4) is 0 Å². The summed E-state index contributed by atoms with van der Waals surface area (Å²) in [6, 6.07) is 5.36. The van der Waals surface area contributed by atoms with Gasteiger partial charge in [0, 0.05) is 38.0 Å². The molecule has 1 aromatic heterocycles. The molecule has 0 radical (unpaired) electrons. The predicted molar refractivity (Wildman–Crippen MR) is 78.3 cm³/mol. The van der Waals surface area contributed by atoms with Crippen LogP contribution in [0.15, 0.2) is 18.3 Å². The lowest BCUT2D eigenvalue weighted by Crippen LogP contribution is -2.33. The van der Waals surface area contributed by atoms with Crippen molar-refractivity contribution in [3.63, 3.8) is 0 Å². The highest BCUT2D eigenvalue weighted by atomic mass is 16.3. The Balaban J connectivity index is 1.93. The number of anilines is 1. The third-order valence-corrected chi connectivity index (χ3v) is 3.46. The molecule has 0 aliphatic heterocycles. The predicted octanol–water partition coefficient (Wildman–Crippen LogP) is 1.93. The first-order chi connectivity index (χ1) is 9.20. The molecule has 2 rings (SSSR count). The Morgan fingerprint density at radius 3 is 2.74 bits per heavy atom. The van der Waals surface area contributed by atoms with Gasteiger partial charge >= 0.3 is 0 Å². The normalized spacial score (nSPS) is 14.9. The fourth-order valence-corrected chi connectivity index (χ4v) is 2.12. The Kier molecular flexibility index (Phi) is 5.16. The fourth-order valence-electron chi connectivity index (χ4n) is 2.12. The zero-order valence-corrected chi connectivity index (χ0v) is 12.0. The van der Waals surface area contributed by atoms with E-state index in [1.54, 1.807) is 0 Å². The van der Waals surface area contributed by atoms with Gasteiger partial charge in [-0.25, -0.2) is 4.98 Å². The molecule has 0 atom stereocenters. The zero-order valence-electron chi connectivity index (χ0n) is 12.0. The van der Waals surface area contributed by atoms with E-state index in [9.17, 15) is 0 Å². The van der Waals surface area contributed by atoms with Gasteiger partial charge in [-0.3, -0.25) is 0 Å². The average Bonchev–Trinajstić information content (AvgIpc) is 3.22. The van der Waals surface area contributed by atoms with Gasteiger partial charge in [-0.1, -0.05) is 6.07 Å². The lowest BCUT2D eigenvalue weighted by Gasteiger charge is -2.27. The molecule has 106 valence electrons. The average molecular weight is 263 g/mol. The van der Waals surface area contributed by atoms with Crippen LogP contribution in [0.2, 0.25) is 0 Å². The molecule has 1 aromatic rings. The van der Waals surface area contributed by atoms with E-state index in [1.807, 2.05) is 6.20 Å². The number of pyridine rings is 1. The standard InChI is InChI=1S/C15H25N3O/c1-12(2)18(8-3-9-19)15-7-4-13(11-17-15)10-16-14-5-6-14/h4,7,11-12,14,16,19H,3,5-6,8-10H2,1-2H3. The highest BCUT2D eigenvalue weighted by Gasteiger charge is 2.20. The minimum Gasteiger partial charge on any atom is -0.396 e. The fraction of sp³-hybridized carbons (Fsp3) is 0.667. The SMILES string of the molecule is CC(C)N(CCCO)c1ccc(CNC2CC2)cn1. The molecule has 0 bridgehead atoms. The van der Waals surface area contributed by atoms with E-state index in [-0.39, 0.29) is 6.61 Å². The van der Waals surface area contributed by atoms with Crippen LogP contribution in [-0.4, -0.2) is 35.3 Å². The molecule has 0 saturated heterocycles. The molecule has 19 heavy (non-hydrogen) atoms. The summed E-state index contributed by atoms with van der Waals surface area (Å²) in [7, 11) is 0. The van der Waals surface area contributed by atoms with Gasteiger partial charge in [-0.05, 0) is 44.7 Å². The van der Waals surface area contributed by atoms with E-state index in [2.05, 4.69) is 41.2 Å². The molecule has 1 aliphatic rings. The first-order valence-corrected chi connectivity index (χ1v) is 7.26. The van der Waals surface area contributed by atoms with Crippen LogP contribution in [0.5, 0.6) is 0 Å². The number of aliphatic hydroxyl groups excluding tert-OH is 1. The van der Waals surface area contributed by atoms with Crippen LogP contribution >= 0.6 is 0 Å². The largest absolute Gasteiger partial charge is 0.396 e. The lowest BCUT2D eigenvalue weighted by molar-refractivity contribution is 0.288. The molecule has 1 heterocycles. The van der Waals surface area contributed by atoms with Crippen LogP contribution in [0.1, 0.15) is 38.7 Å². The number of nitrogens with one attached hydrogen (secondary N) is 1. The minimum atomic E-state index is 0.229. The van der Waals surface area contributed by atoms with Crippen LogP contribution in [-0.2, 0) is 6.54 Å². The van der Waals surface area contributed by atoms with Crippen molar-refractivity contribution in [3.8, 4) is 0 Å². The molecule has 0 aromatic carbocycles. The summed E-state index contributed by atoms with van der Waals surface area (Å²) >= 11 is 0. The molecule has 4 heteroatoms. The summed E-state index contributed by atoms with van der Waals surface area (Å²) in [4.78, 5) is 6.79. The van der Waals surface area contributed by atoms with Crippen LogP contribution < -0.4 is 10.2 Å². The molecule has 1 aliphatic carbocycles. The maximum Gasteiger partial charge on any atom is 0.128 e. The molecule has 0 amide bonds. The second-order valence-electron chi connectivity index (χ2n) is 5.54. The highest BCUT2D eigenvalue weighted by molar-refractivity contribution is 5.40. The Labute approximate surface area is 115 Å². The van der Waals surface area contributed by atoms with E-state index < -0.39 is 0 Å². The monoisotopic (exact) mass is 263 g/mol. The van der Waals surface area contributed by atoms with Crippen molar-refractivity contribution in [2.45, 2.75) is 51.7 Å². The first-order valence-electron chi connectivity index (χ1n) is 7.26. The number of hydrogen-bond acceptors (Lipinski definition) is 4. The van der Waals surface area contributed by atoms with Gasteiger partial charge < -0.3 is 15.3 Å². The van der Waals surface area contributed by atoms with Crippen molar-refractivity contribution in [2.75, 3.05) is 18.1 Å². The molecule has 1 saturated carbocycles. The zero-order chi connectivity index (χ0) is 13.7. The van der Waals surface area contributed by atoms with E-state index >= 15 is 0 Å². The van der Waals surface area contributed by atoms with Crippen molar-refractivity contribution >= 4 is 5.82 Å². The summed E-state index contributed by atoms with van der Waals surface area (Å²) in [6.45, 7) is 6.30. The van der Waals surface area contributed by atoms with Crippen molar-refractivity contribution < 1.29 is 5.11 Å². The summed E-state index contributed by atoms with van der Waals surface area (Å²) in [5.74, 6) is 0.999. The molecule has 2 N–H and O–H groups in total. The van der Waals surface area contributed by atoms with E-state index in [4.69, 9.17) is 5.11 Å². The van der Waals surface area contributed by atoms with Gasteiger partial charge in [0.1, 0.15) is 5.82 Å². The summed E-state index contributed by atoms with van der Waals surface area (Å²) in [6.07, 6.45) is 5.37. The number of nitrogens with zero attached hydrogens (tertiary/aromatic N) is 2. The smallest absolute Gasteiger partial charge is 0.128 e. The number of hydrogen-bond donors (Lipinski definition) is 2. The molecule has 1 fully saturated rings. The van der Waals surface area contributed by atoms with Crippen LogP contribution in [0.4, 0.5) is 5.82 Å². The maximum absolute atomic E-state index is 8.96. The van der Waals surface area contributed by atoms with Gasteiger partial charge in [0.2, 0.25) is 0 Å². The molecular weight excluding hydrogens is 238 g/mol. The topological polar surface area (TPSA) is 48.4 Å². The van der Waals surface area contributed by atoms with Crippen LogP contribution in [0.25, 0.3) is 0 Å². The van der Waals surface area contributed by atoms with E-state index in [0.717, 1.165) is 31.4 Å². The second-order valence-corrected chi connectivity index (χ2v) is 5.54. The lowest BCUT2D eigenvalue weighted by atomic mass is 10.2. The Hall–Kier alpha value is -1.13. The van der Waals surface area contributed by atoms with Gasteiger partial charge in [-0.2, -0.15) is 0 Å². The summed E-state index contributed by atoms with van der Waals surface area (Å²) < 4.78 is 0.